The smallest absolute Gasteiger partial charge is 0.271 e. The molecule has 6 heteroatoms. The van der Waals surface area contributed by atoms with Gasteiger partial charge in [0.25, 0.3) is 5.91 Å². The summed E-state index contributed by atoms with van der Waals surface area (Å²) in [7, 11) is 0. The van der Waals surface area contributed by atoms with Gasteiger partial charge in [0.15, 0.2) is 0 Å². The maximum atomic E-state index is 11.7. The molecule has 2 amide bonds. The molecule has 0 aliphatic heterocycles. The zero-order valence-corrected chi connectivity index (χ0v) is 12.1. The summed E-state index contributed by atoms with van der Waals surface area (Å²) in [6, 6.07) is 10.7. The zero-order chi connectivity index (χ0) is 14.4. The van der Waals surface area contributed by atoms with E-state index in [-0.39, 0.29) is 12.3 Å². The summed E-state index contributed by atoms with van der Waals surface area (Å²) in [4.78, 5) is 27.2. The average Bonchev–Trinajstić information content (AvgIpc) is 2.48. The van der Waals surface area contributed by atoms with E-state index in [9.17, 15) is 9.59 Å². The molecule has 1 heterocycles. The van der Waals surface area contributed by atoms with Crippen LogP contribution in [0.25, 0.3) is 0 Å². The molecular weight excluding hydrogens is 322 g/mol. The molecule has 102 valence electrons. The largest absolute Gasteiger partial charge is 0.273 e. The van der Waals surface area contributed by atoms with Crippen molar-refractivity contribution in [3.05, 3.63) is 64.4 Å². The van der Waals surface area contributed by atoms with Crippen LogP contribution >= 0.6 is 15.9 Å². The Hall–Kier alpha value is -2.21. The molecular formula is C14H12BrN3O2. The van der Waals surface area contributed by atoms with E-state index in [0.717, 1.165) is 10.0 Å². The number of aromatic nitrogens is 1. The highest BCUT2D eigenvalue weighted by Gasteiger charge is 2.07. The van der Waals surface area contributed by atoms with Gasteiger partial charge in [0, 0.05) is 16.9 Å². The van der Waals surface area contributed by atoms with Crippen LogP contribution in [0.1, 0.15) is 15.9 Å². The number of pyridine rings is 1. The fraction of sp³-hybridized carbons (Fsp3) is 0.0714. The Labute approximate surface area is 124 Å². The number of rotatable bonds is 3. The third-order valence-electron chi connectivity index (χ3n) is 2.52. The van der Waals surface area contributed by atoms with Crippen LogP contribution < -0.4 is 10.9 Å². The second-order valence-corrected chi connectivity index (χ2v) is 4.96. The van der Waals surface area contributed by atoms with Crippen LogP contribution in [0.15, 0.2) is 53.3 Å². The summed E-state index contributed by atoms with van der Waals surface area (Å²) < 4.78 is 0.950. The lowest BCUT2D eigenvalue weighted by Crippen LogP contribution is -2.42. The van der Waals surface area contributed by atoms with Crippen molar-refractivity contribution < 1.29 is 9.59 Å². The van der Waals surface area contributed by atoms with Gasteiger partial charge in [-0.3, -0.25) is 25.4 Å². The molecule has 0 radical (unpaired) electrons. The molecule has 2 aromatic rings. The van der Waals surface area contributed by atoms with Crippen molar-refractivity contribution in [1.29, 1.82) is 0 Å². The van der Waals surface area contributed by atoms with Gasteiger partial charge in [-0.2, -0.15) is 0 Å². The number of carbonyl (C=O) groups excluding carboxylic acids is 2. The first kappa shape index (κ1) is 14.2. The van der Waals surface area contributed by atoms with E-state index < -0.39 is 5.91 Å². The Kier molecular flexibility index (Phi) is 4.84. The van der Waals surface area contributed by atoms with Crippen molar-refractivity contribution in [3.8, 4) is 0 Å². The van der Waals surface area contributed by atoms with Crippen LogP contribution in [-0.2, 0) is 11.2 Å². The van der Waals surface area contributed by atoms with Crippen molar-refractivity contribution in [3.63, 3.8) is 0 Å². The minimum atomic E-state index is -0.401. The molecule has 0 saturated carbocycles. The highest BCUT2D eigenvalue weighted by Crippen LogP contribution is 2.10. The van der Waals surface area contributed by atoms with Crippen LogP contribution in [-0.4, -0.2) is 16.8 Å². The van der Waals surface area contributed by atoms with E-state index in [1.165, 1.54) is 6.20 Å². The van der Waals surface area contributed by atoms with Crippen molar-refractivity contribution in [2.24, 2.45) is 0 Å². The number of nitrogens with one attached hydrogen (secondary N) is 2. The molecule has 20 heavy (non-hydrogen) atoms. The molecule has 0 fully saturated rings. The number of hydrogen-bond acceptors (Lipinski definition) is 3. The third kappa shape index (κ3) is 4.17. The summed E-state index contributed by atoms with van der Waals surface area (Å²) in [6.45, 7) is 0. The second-order valence-electron chi connectivity index (χ2n) is 4.05. The van der Waals surface area contributed by atoms with Gasteiger partial charge in [-0.05, 0) is 29.8 Å². The van der Waals surface area contributed by atoms with Crippen LogP contribution in [0.2, 0.25) is 0 Å². The lowest BCUT2D eigenvalue weighted by molar-refractivity contribution is -0.121. The fourth-order valence-electron chi connectivity index (χ4n) is 1.53. The number of benzene rings is 1. The minimum absolute atomic E-state index is 0.195. The van der Waals surface area contributed by atoms with E-state index in [1.54, 1.807) is 18.3 Å². The first-order valence-corrected chi connectivity index (χ1v) is 6.68. The molecule has 0 atom stereocenters. The molecule has 0 spiro atoms. The number of carbonyl (C=O) groups is 2. The molecule has 2 rings (SSSR count). The zero-order valence-electron chi connectivity index (χ0n) is 10.5. The van der Waals surface area contributed by atoms with E-state index in [2.05, 4.69) is 31.8 Å². The van der Waals surface area contributed by atoms with Crippen LogP contribution in [0.3, 0.4) is 0 Å². The van der Waals surface area contributed by atoms with Gasteiger partial charge in [0.1, 0.15) is 0 Å². The van der Waals surface area contributed by atoms with Gasteiger partial charge in [0.2, 0.25) is 5.91 Å². The quantitative estimate of drug-likeness (QED) is 0.842. The maximum Gasteiger partial charge on any atom is 0.271 e. The Morgan fingerprint density at radius 2 is 1.85 bits per heavy atom. The Morgan fingerprint density at radius 3 is 2.50 bits per heavy atom. The number of nitrogens with zero attached hydrogens (tertiary/aromatic N) is 1. The van der Waals surface area contributed by atoms with Crippen molar-refractivity contribution in [1.82, 2.24) is 15.8 Å². The van der Waals surface area contributed by atoms with Gasteiger partial charge >= 0.3 is 0 Å². The van der Waals surface area contributed by atoms with E-state index in [4.69, 9.17) is 0 Å². The number of amides is 2. The predicted octanol–water partition coefficient (Wildman–Crippen LogP) is 1.85. The number of halogens is 1. The molecule has 0 bridgehead atoms. The highest BCUT2D eigenvalue weighted by molar-refractivity contribution is 9.10. The summed E-state index contributed by atoms with van der Waals surface area (Å²) in [5, 5.41) is 0. The van der Waals surface area contributed by atoms with Gasteiger partial charge in [-0.25, -0.2) is 0 Å². The van der Waals surface area contributed by atoms with E-state index >= 15 is 0 Å². The molecule has 0 aliphatic rings. The molecule has 0 unspecified atom stereocenters. The standard InChI is InChI=1S/C14H12BrN3O2/c15-12-5-3-10(4-6-12)8-13(19)17-18-14(20)11-2-1-7-16-9-11/h1-7,9H,8H2,(H,17,19)(H,18,20). The van der Waals surface area contributed by atoms with E-state index in [0.29, 0.717) is 5.56 Å². The molecule has 1 aromatic heterocycles. The minimum Gasteiger partial charge on any atom is -0.273 e. The maximum absolute atomic E-state index is 11.7. The monoisotopic (exact) mass is 333 g/mol. The summed E-state index contributed by atoms with van der Waals surface area (Å²) in [5.74, 6) is -0.688. The average molecular weight is 334 g/mol. The molecule has 0 saturated heterocycles. The van der Waals surface area contributed by atoms with Crippen LogP contribution in [0.5, 0.6) is 0 Å². The summed E-state index contributed by atoms with van der Waals surface area (Å²) >= 11 is 3.32. The topological polar surface area (TPSA) is 71.1 Å². The fourth-order valence-corrected chi connectivity index (χ4v) is 1.79. The normalized spacial score (nSPS) is 9.85. The first-order valence-electron chi connectivity index (χ1n) is 5.89. The molecule has 5 nitrogen and oxygen atoms in total. The van der Waals surface area contributed by atoms with Gasteiger partial charge < -0.3 is 0 Å². The Balaban J connectivity index is 1.83. The molecule has 1 aromatic carbocycles. The summed E-state index contributed by atoms with van der Waals surface area (Å²) in [6.07, 6.45) is 3.19. The molecule has 0 aliphatic carbocycles. The lowest BCUT2D eigenvalue weighted by Gasteiger charge is -2.07. The van der Waals surface area contributed by atoms with Crippen LogP contribution in [0, 0.1) is 0 Å². The summed E-state index contributed by atoms with van der Waals surface area (Å²) in [5.41, 5.74) is 5.96. The molecule has 2 N–H and O–H groups in total. The van der Waals surface area contributed by atoms with Crippen molar-refractivity contribution >= 4 is 27.7 Å². The van der Waals surface area contributed by atoms with Crippen LogP contribution in [0.4, 0.5) is 0 Å². The van der Waals surface area contributed by atoms with Gasteiger partial charge in [-0.15, -0.1) is 0 Å². The third-order valence-corrected chi connectivity index (χ3v) is 3.05. The van der Waals surface area contributed by atoms with Crippen molar-refractivity contribution in [2.75, 3.05) is 0 Å². The van der Waals surface area contributed by atoms with Gasteiger partial charge in [-0.1, -0.05) is 28.1 Å². The number of hydrogen-bond donors (Lipinski definition) is 2. The SMILES string of the molecule is O=C(Cc1ccc(Br)cc1)NNC(=O)c1cccnc1. The Morgan fingerprint density at radius 1 is 1.10 bits per heavy atom. The van der Waals surface area contributed by atoms with Gasteiger partial charge in [0.05, 0.1) is 12.0 Å². The highest BCUT2D eigenvalue weighted by atomic mass is 79.9. The Bertz CT molecular complexity index is 600. The first-order chi connectivity index (χ1) is 9.65. The second kappa shape index (κ2) is 6.81. The number of hydrazine groups is 1. The van der Waals surface area contributed by atoms with Crippen molar-refractivity contribution in [2.45, 2.75) is 6.42 Å². The predicted molar refractivity (Wildman–Crippen MR) is 77.7 cm³/mol. The van der Waals surface area contributed by atoms with E-state index in [1.807, 2.05) is 24.3 Å². The lowest BCUT2D eigenvalue weighted by atomic mass is 10.1.